The van der Waals surface area contributed by atoms with Crippen molar-refractivity contribution in [3.05, 3.63) is 0 Å². The lowest BCUT2D eigenvalue weighted by Crippen LogP contribution is -2.62. The van der Waals surface area contributed by atoms with Gasteiger partial charge in [0.05, 0.1) is 6.04 Å². The Hall–Kier alpha value is -4.44. The predicted octanol–water partition coefficient (Wildman–Crippen LogP) is -0.107. The minimum atomic E-state index is -1.16. The van der Waals surface area contributed by atoms with Crippen LogP contribution < -0.4 is 71.6 Å². The van der Waals surface area contributed by atoms with E-state index in [4.69, 9.17) is 34.4 Å². The molecule has 69 heavy (non-hydrogen) atoms. The molecule has 0 aliphatic heterocycles. The van der Waals surface area contributed by atoms with Crippen molar-refractivity contribution >= 4 is 47.3 Å². The Balaban J connectivity index is 6.70. The molecule has 0 aliphatic carbocycles. The Bertz CT molecular complexity index is 1560. The normalized spacial score (nSPS) is 16.6. The van der Waals surface area contributed by atoms with Crippen molar-refractivity contribution in [1.29, 1.82) is 0 Å². The lowest BCUT2D eigenvalue weighted by Gasteiger charge is -2.31. The number of hydrogen-bond donors (Lipinski definition) is 13. The summed E-state index contributed by atoms with van der Waals surface area (Å²) in [6.07, 6.45) is 7.37. The van der Waals surface area contributed by atoms with Gasteiger partial charge >= 0.3 is 0 Å². The highest BCUT2D eigenvalue weighted by Gasteiger charge is 2.37. The fraction of sp³-hybridized carbons (Fsp3) is 0.833. The Kier molecular flexibility index (Phi) is 34.1. The van der Waals surface area contributed by atoms with Crippen LogP contribution in [0.25, 0.3) is 0 Å². The zero-order valence-corrected chi connectivity index (χ0v) is 43.3. The van der Waals surface area contributed by atoms with E-state index in [9.17, 15) is 38.4 Å². The van der Waals surface area contributed by atoms with E-state index in [1.54, 1.807) is 20.8 Å². The van der Waals surface area contributed by atoms with E-state index in [1.807, 2.05) is 34.6 Å². The molecule has 0 saturated heterocycles. The molecule has 0 unspecified atom stereocenters. The highest BCUT2D eigenvalue weighted by molar-refractivity contribution is 5.98. The highest BCUT2D eigenvalue weighted by Crippen LogP contribution is 2.16. The summed E-state index contributed by atoms with van der Waals surface area (Å²) in [4.78, 5) is 110. The molecule has 0 bridgehead atoms. The summed E-state index contributed by atoms with van der Waals surface area (Å²) in [5.41, 5.74) is 34.7. The number of unbranched alkanes of at least 4 members (excludes halogenated alkanes) is 4. The number of rotatable bonds is 39. The Morgan fingerprint density at radius 3 is 0.855 bits per heavy atom. The molecule has 19 N–H and O–H groups in total. The van der Waals surface area contributed by atoms with E-state index in [0.29, 0.717) is 110 Å². The number of carbonyl (C=O) groups excluding carboxylic acids is 8. The maximum Gasteiger partial charge on any atom is 0.243 e. The molecule has 0 rings (SSSR count). The van der Waals surface area contributed by atoms with E-state index >= 15 is 0 Å². The van der Waals surface area contributed by atoms with Gasteiger partial charge in [0.15, 0.2) is 0 Å². The van der Waals surface area contributed by atoms with Crippen molar-refractivity contribution in [3.8, 4) is 0 Å². The third kappa shape index (κ3) is 24.3. The van der Waals surface area contributed by atoms with Crippen molar-refractivity contribution in [2.75, 3.05) is 26.2 Å². The summed E-state index contributed by atoms with van der Waals surface area (Å²) >= 11 is 0. The summed E-state index contributed by atoms with van der Waals surface area (Å²) < 4.78 is 0. The minimum Gasteiger partial charge on any atom is -0.368 e. The van der Waals surface area contributed by atoms with Gasteiger partial charge in [0, 0.05) is 0 Å². The van der Waals surface area contributed by atoms with Crippen LogP contribution in [-0.4, -0.2) is 122 Å². The van der Waals surface area contributed by atoms with Gasteiger partial charge in [0.2, 0.25) is 47.3 Å². The maximum absolute atomic E-state index is 14.3. The summed E-state index contributed by atoms with van der Waals surface area (Å²) in [6, 6.07) is -8.46. The summed E-state index contributed by atoms with van der Waals surface area (Å²) in [7, 11) is 0. The lowest BCUT2D eigenvalue weighted by molar-refractivity contribution is -0.137. The fourth-order valence-electron chi connectivity index (χ4n) is 7.57. The van der Waals surface area contributed by atoms with Crippen LogP contribution in [0.15, 0.2) is 0 Å². The van der Waals surface area contributed by atoms with E-state index in [0.717, 1.165) is 0 Å². The maximum atomic E-state index is 14.3. The second-order valence-electron chi connectivity index (χ2n) is 18.8. The average Bonchev–Trinajstić information content (AvgIpc) is 3.33. The van der Waals surface area contributed by atoms with Gasteiger partial charge in [-0.05, 0) is 120 Å². The van der Waals surface area contributed by atoms with Gasteiger partial charge in [-0.15, -0.1) is 0 Å². The molecular weight excluding hydrogens is 887 g/mol. The topological polar surface area (TPSA) is 377 Å². The average molecular weight is 982 g/mol. The highest BCUT2D eigenvalue weighted by atomic mass is 16.2. The van der Waals surface area contributed by atoms with Crippen LogP contribution in [-0.2, 0) is 38.4 Å². The van der Waals surface area contributed by atoms with Gasteiger partial charge < -0.3 is 71.6 Å². The van der Waals surface area contributed by atoms with Gasteiger partial charge in [-0.1, -0.05) is 87.5 Å². The number of amides is 8. The van der Waals surface area contributed by atoms with Crippen molar-refractivity contribution in [3.63, 3.8) is 0 Å². The molecule has 12 atom stereocenters. The van der Waals surface area contributed by atoms with Crippen LogP contribution in [0.2, 0.25) is 0 Å². The van der Waals surface area contributed by atoms with Gasteiger partial charge in [-0.2, -0.15) is 0 Å². The molecule has 0 aromatic carbocycles. The first kappa shape index (κ1) is 64.6. The largest absolute Gasteiger partial charge is 0.368 e. The number of carbonyl (C=O) groups is 8. The lowest BCUT2D eigenvalue weighted by atomic mass is 9.95. The molecule has 0 fully saturated rings. The molecule has 0 aromatic rings. The summed E-state index contributed by atoms with van der Waals surface area (Å²) in [5, 5.41) is 19.6. The van der Waals surface area contributed by atoms with Crippen molar-refractivity contribution < 1.29 is 38.4 Å². The molecule has 21 nitrogen and oxygen atoms in total. The molecule has 21 heteroatoms. The van der Waals surface area contributed by atoms with Crippen LogP contribution in [0.3, 0.4) is 0 Å². The van der Waals surface area contributed by atoms with Gasteiger partial charge in [0.1, 0.15) is 42.3 Å². The number of nitrogens with one attached hydrogen (secondary N) is 7. The zero-order valence-electron chi connectivity index (χ0n) is 43.3. The Labute approximate surface area is 412 Å². The number of primary amides is 1. The van der Waals surface area contributed by atoms with Crippen LogP contribution in [0.5, 0.6) is 0 Å². The van der Waals surface area contributed by atoms with Crippen molar-refractivity contribution in [2.24, 2.45) is 58.1 Å². The smallest absolute Gasteiger partial charge is 0.243 e. The van der Waals surface area contributed by atoms with Gasteiger partial charge in [0.25, 0.3) is 0 Å². The van der Waals surface area contributed by atoms with E-state index < -0.39 is 107 Å². The quantitative estimate of drug-likeness (QED) is 0.0358. The molecule has 0 radical (unpaired) electrons. The van der Waals surface area contributed by atoms with Gasteiger partial charge in [-0.25, -0.2) is 0 Å². The third-order valence-electron chi connectivity index (χ3n) is 13.2. The second kappa shape index (κ2) is 36.5. The number of hydrogen-bond acceptors (Lipinski definition) is 13. The second-order valence-corrected chi connectivity index (χ2v) is 18.8. The first-order valence-electron chi connectivity index (χ1n) is 25.7. The molecule has 400 valence electrons. The van der Waals surface area contributed by atoms with Crippen LogP contribution in [0.4, 0.5) is 0 Å². The molecule has 0 saturated carbocycles. The fourth-order valence-corrected chi connectivity index (χ4v) is 7.57. The van der Waals surface area contributed by atoms with Crippen molar-refractivity contribution in [2.45, 2.75) is 206 Å². The number of nitrogens with two attached hydrogens (primary N) is 6. The minimum absolute atomic E-state index is 0.149. The zero-order chi connectivity index (χ0) is 52.6. The van der Waals surface area contributed by atoms with Gasteiger partial charge in [-0.3, -0.25) is 38.4 Å². The Morgan fingerprint density at radius 1 is 0.348 bits per heavy atom. The van der Waals surface area contributed by atoms with Crippen LogP contribution in [0, 0.1) is 23.7 Å². The van der Waals surface area contributed by atoms with E-state index in [-0.39, 0.29) is 31.1 Å². The monoisotopic (exact) mass is 982 g/mol. The molecule has 8 amide bonds. The predicted molar refractivity (Wildman–Crippen MR) is 270 cm³/mol. The molecular formula is C48H95N13O8. The molecule has 0 aliphatic rings. The van der Waals surface area contributed by atoms with Crippen molar-refractivity contribution in [1.82, 2.24) is 37.2 Å². The third-order valence-corrected chi connectivity index (χ3v) is 13.2. The first-order chi connectivity index (χ1) is 32.7. The Morgan fingerprint density at radius 2 is 0.594 bits per heavy atom. The first-order valence-corrected chi connectivity index (χ1v) is 25.7. The van der Waals surface area contributed by atoms with E-state index in [2.05, 4.69) is 37.2 Å². The summed E-state index contributed by atoms with van der Waals surface area (Å²) in [5.74, 6) is -6.40. The van der Waals surface area contributed by atoms with Crippen LogP contribution in [0.1, 0.15) is 158 Å². The SMILES string of the molecule is CC[C@H](C)[C@H](NC(=O)[C@H](CCCCN)NC(=O)[C@@H](NC(=O)[C@H](CCCCN)NC(=O)[C@@H](NC(=O)[C@H](CCCCN)NC(=O)[C@@H](NC(=O)[C@@H](N)CCCCN)[C@@H](C)CC)[C@@H](C)CC)[C@@H](C)CC)C(N)=O. The standard InChI is InChI=1S/C48H95N13O8/c1-9-29(5)37(41(54)62)58-43(64)34(22-14-18-26-50)55-47(68)39(31(7)11-3)60-45(66)36(24-16-20-28-52)57-48(69)40(32(8)12-4)61-44(65)35(23-15-19-27-51)56-46(67)38(30(6)10-2)59-42(63)33(53)21-13-17-25-49/h29-40H,9-28,49-53H2,1-8H3,(H2,54,62)(H,55,68)(H,56,67)(H,57,69)(H,58,64)(H,59,63)(H,60,66)(H,61,65)/t29-,30-,31-,32-,33-,34-,35-,36-,37-,38-,39-,40-/m0/s1. The molecule has 0 heterocycles. The molecule has 0 spiro atoms. The van der Waals surface area contributed by atoms with E-state index in [1.165, 1.54) is 0 Å². The molecule has 0 aromatic heterocycles. The summed E-state index contributed by atoms with van der Waals surface area (Å²) in [6.45, 7) is 16.1. The van der Waals surface area contributed by atoms with Crippen LogP contribution >= 0.6 is 0 Å².